The molecule has 29 heavy (non-hydrogen) atoms. The molecule has 4 unspecified atom stereocenters. The van der Waals surface area contributed by atoms with Gasteiger partial charge in [-0.15, -0.1) is 0 Å². The van der Waals surface area contributed by atoms with Crippen molar-refractivity contribution in [1.29, 1.82) is 0 Å². The summed E-state index contributed by atoms with van der Waals surface area (Å²) in [5.74, 6) is 0.238. The zero-order valence-corrected chi connectivity index (χ0v) is 16.5. The van der Waals surface area contributed by atoms with Crippen LogP contribution in [-0.4, -0.2) is 56.1 Å². The standard InChI is InChI=1S/C23H28N4O2/c28-22-20-19(18-8-6-17(7-9-18)16-4-2-1-3-5-16)10-11-24-21(20)25-23(26-22)27-12-14-29-15-13-27/h1-9,19-21,23-25H,10-15H2,(H,26,28). The second-order valence-corrected chi connectivity index (χ2v) is 8.07. The summed E-state index contributed by atoms with van der Waals surface area (Å²) in [7, 11) is 0. The number of ether oxygens (including phenoxy) is 1. The third-order valence-corrected chi connectivity index (χ3v) is 6.39. The number of benzene rings is 2. The molecule has 0 aromatic heterocycles. The van der Waals surface area contributed by atoms with Crippen LogP contribution < -0.4 is 16.0 Å². The highest BCUT2D eigenvalue weighted by molar-refractivity contribution is 5.82. The van der Waals surface area contributed by atoms with Crippen LogP contribution in [0.25, 0.3) is 11.1 Å². The summed E-state index contributed by atoms with van der Waals surface area (Å²) in [6.07, 6.45) is 0.826. The lowest BCUT2D eigenvalue weighted by Gasteiger charge is -2.47. The Balaban J connectivity index is 1.33. The van der Waals surface area contributed by atoms with Crippen LogP contribution in [0, 0.1) is 5.92 Å². The number of hydrogen-bond donors (Lipinski definition) is 3. The second kappa shape index (κ2) is 8.24. The smallest absolute Gasteiger partial charge is 0.228 e. The minimum Gasteiger partial charge on any atom is -0.379 e. The minimum atomic E-state index is -0.126. The van der Waals surface area contributed by atoms with Gasteiger partial charge in [-0.1, -0.05) is 54.6 Å². The van der Waals surface area contributed by atoms with Crippen molar-refractivity contribution < 1.29 is 9.53 Å². The van der Waals surface area contributed by atoms with E-state index in [2.05, 4.69) is 69.4 Å². The largest absolute Gasteiger partial charge is 0.379 e. The predicted molar refractivity (Wildman–Crippen MR) is 112 cm³/mol. The third-order valence-electron chi connectivity index (χ3n) is 6.39. The molecule has 2 aromatic rings. The zero-order valence-electron chi connectivity index (χ0n) is 16.5. The number of fused-ring (bicyclic) bond motifs is 1. The molecule has 152 valence electrons. The highest BCUT2D eigenvalue weighted by atomic mass is 16.5. The zero-order chi connectivity index (χ0) is 19.6. The van der Waals surface area contributed by atoms with Gasteiger partial charge in [-0.3, -0.25) is 15.0 Å². The number of piperidine rings is 1. The van der Waals surface area contributed by atoms with Crippen molar-refractivity contribution in [3.05, 3.63) is 60.2 Å². The van der Waals surface area contributed by atoms with Crippen molar-refractivity contribution in [2.24, 2.45) is 5.92 Å². The van der Waals surface area contributed by atoms with E-state index >= 15 is 0 Å². The molecule has 3 aliphatic rings. The van der Waals surface area contributed by atoms with Gasteiger partial charge in [0.2, 0.25) is 5.91 Å². The van der Waals surface area contributed by atoms with Gasteiger partial charge in [0.15, 0.2) is 0 Å². The van der Waals surface area contributed by atoms with Gasteiger partial charge < -0.3 is 15.4 Å². The number of morpholine rings is 1. The van der Waals surface area contributed by atoms with E-state index in [9.17, 15) is 4.79 Å². The predicted octanol–water partition coefficient (Wildman–Crippen LogP) is 1.71. The topological polar surface area (TPSA) is 65.6 Å². The van der Waals surface area contributed by atoms with E-state index in [0.717, 1.165) is 26.1 Å². The van der Waals surface area contributed by atoms with E-state index in [4.69, 9.17) is 4.74 Å². The van der Waals surface area contributed by atoms with Gasteiger partial charge in [-0.25, -0.2) is 0 Å². The maximum atomic E-state index is 13.1. The molecule has 4 atom stereocenters. The van der Waals surface area contributed by atoms with E-state index in [-0.39, 0.29) is 30.2 Å². The Morgan fingerprint density at radius 3 is 2.41 bits per heavy atom. The number of hydrogen-bond acceptors (Lipinski definition) is 5. The molecule has 0 radical (unpaired) electrons. The summed E-state index contributed by atoms with van der Waals surface area (Å²) in [5, 5.41) is 10.4. The molecule has 1 amide bonds. The van der Waals surface area contributed by atoms with Crippen LogP contribution in [0.1, 0.15) is 17.9 Å². The molecule has 3 N–H and O–H groups in total. The highest BCUT2D eigenvalue weighted by Gasteiger charge is 2.44. The number of carbonyl (C=O) groups is 1. The monoisotopic (exact) mass is 392 g/mol. The lowest BCUT2D eigenvalue weighted by atomic mass is 9.77. The minimum absolute atomic E-state index is 0.0101. The number of nitrogens with zero attached hydrogens (tertiary/aromatic N) is 1. The first-order chi connectivity index (χ1) is 14.3. The van der Waals surface area contributed by atoms with E-state index in [1.807, 2.05) is 6.07 Å². The van der Waals surface area contributed by atoms with Crippen LogP contribution >= 0.6 is 0 Å². The SMILES string of the molecule is O=C1NC(N2CCOCC2)NC2NCCC(c3ccc(-c4ccccc4)cc3)C12. The van der Waals surface area contributed by atoms with E-state index in [1.165, 1.54) is 16.7 Å². The van der Waals surface area contributed by atoms with Gasteiger partial charge in [-0.05, 0) is 35.6 Å². The molecule has 3 aliphatic heterocycles. The van der Waals surface area contributed by atoms with Crippen LogP contribution in [0.4, 0.5) is 0 Å². The van der Waals surface area contributed by atoms with Crippen LogP contribution in [0.3, 0.4) is 0 Å². The molecule has 0 saturated carbocycles. The molecule has 5 rings (SSSR count). The van der Waals surface area contributed by atoms with Gasteiger partial charge in [0.1, 0.15) is 6.29 Å². The second-order valence-electron chi connectivity index (χ2n) is 8.07. The maximum absolute atomic E-state index is 13.1. The molecule has 2 aromatic carbocycles. The average Bonchev–Trinajstić information content (AvgIpc) is 2.80. The Kier molecular flexibility index (Phi) is 5.33. The van der Waals surface area contributed by atoms with Gasteiger partial charge in [0.05, 0.1) is 25.3 Å². The van der Waals surface area contributed by atoms with Gasteiger partial charge >= 0.3 is 0 Å². The first-order valence-electron chi connectivity index (χ1n) is 10.6. The van der Waals surface area contributed by atoms with Crippen molar-refractivity contribution in [1.82, 2.24) is 20.9 Å². The Labute approximate surface area is 171 Å². The molecular weight excluding hydrogens is 364 g/mol. The fraction of sp³-hybridized carbons (Fsp3) is 0.435. The van der Waals surface area contributed by atoms with E-state index in [1.54, 1.807) is 0 Å². The lowest BCUT2D eigenvalue weighted by molar-refractivity contribution is -0.137. The van der Waals surface area contributed by atoms with Crippen LogP contribution in [0.15, 0.2) is 54.6 Å². The highest BCUT2D eigenvalue weighted by Crippen LogP contribution is 2.35. The molecule has 6 heteroatoms. The first-order valence-corrected chi connectivity index (χ1v) is 10.6. The summed E-state index contributed by atoms with van der Waals surface area (Å²) in [6.45, 7) is 4.00. The summed E-state index contributed by atoms with van der Waals surface area (Å²) in [4.78, 5) is 15.4. The number of amides is 1. The average molecular weight is 393 g/mol. The molecule has 3 heterocycles. The quantitative estimate of drug-likeness (QED) is 0.742. The molecule has 3 saturated heterocycles. The fourth-order valence-electron chi connectivity index (χ4n) is 4.83. The number of nitrogens with one attached hydrogen (secondary N) is 3. The van der Waals surface area contributed by atoms with Crippen molar-refractivity contribution in [3.63, 3.8) is 0 Å². The molecule has 0 spiro atoms. The van der Waals surface area contributed by atoms with Gasteiger partial charge in [0, 0.05) is 13.1 Å². The van der Waals surface area contributed by atoms with Gasteiger partial charge in [0.25, 0.3) is 0 Å². The van der Waals surface area contributed by atoms with E-state index in [0.29, 0.717) is 13.2 Å². The number of rotatable bonds is 3. The summed E-state index contributed by atoms with van der Waals surface area (Å²) in [6, 6.07) is 19.1. The van der Waals surface area contributed by atoms with Crippen LogP contribution in [0.5, 0.6) is 0 Å². The summed E-state index contributed by atoms with van der Waals surface area (Å²) >= 11 is 0. The first kappa shape index (κ1) is 18.8. The Hall–Kier alpha value is -2.25. The number of carbonyl (C=O) groups excluding carboxylic acids is 1. The normalized spacial score (nSPS) is 30.4. The van der Waals surface area contributed by atoms with Crippen LogP contribution in [-0.2, 0) is 9.53 Å². The van der Waals surface area contributed by atoms with Crippen molar-refractivity contribution in [2.45, 2.75) is 24.8 Å². The van der Waals surface area contributed by atoms with Crippen LogP contribution in [0.2, 0.25) is 0 Å². The molecular formula is C23H28N4O2. The molecule has 3 fully saturated rings. The third kappa shape index (κ3) is 3.81. The molecule has 0 aliphatic carbocycles. The van der Waals surface area contributed by atoms with Crippen molar-refractivity contribution in [2.75, 3.05) is 32.8 Å². The Morgan fingerprint density at radius 1 is 0.931 bits per heavy atom. The Morgan fingerprint density at radius 2 is 1.66 bits per heavy atom. The Bertz CT molecular complexity index is 836. The van der Waals surface area contributed by atoms with Gasteiger partial charge in [-0.2, -0.15) is 0 Å². The van der Waals surface area contributed by atoms with Crippen molar-refractivity contribution in [3.8, 4) is 11.1 Å². The van der Waals surface area contributed by atoms with E-state index < -0.39 is 0 Å². The maximum Gasteiger partial charge on any atom is 0.228 e. The summed E-state index contributed by atoms with van der Waals surface area (Å²) < 4.78 is 5.44. The molecule has 6 nitrogen and oxygen atoms in total. The molecule has 0 bridgehead atoms. The van der Waals surface area contributed by atoms with Crippen molar-refractivity contribution >= 4 is 5.91 Å². The fourth-order valence-corrected chi connectivity index (χ4v) is 4.83. The lowest BCUT2D eigenvalue weighted by Crippen LogP contribution is -2.73. The summed E-state index contributed by atoms with van der Waals surface area (Å²) in [5.41, 5.74) is 3.66.